The van der Waals surface area contributed by atoms with Crippen LogP contribution in [-0.4, -0.2) is 28.9 Å². The predicted octanol–water partition coefficient (Wildman–Crippen LogP) is 4.18. The molecule has 154 valence electrons. The maximum atomic E-state index is 12.4. The van der Waals surface area contributed by atoms with E-state index < -0.39 is 21.0 Å². The van der Waals surface area contributed by atoms with E-state index in [-0.39, 0.29) is 21.6 Å². The highest BCUT2D eigenvalue weighted by Gasteiger charge is 2.25. The Morgan fingerprint density at radius 2 is 2.03 bits per heavy atom. The van der Waals surface area contributed by atoms with E-state index in [0.717, 1.165) is 0 Å². The second-order valence-corrected chi connectivity index (χ2v) is 9.84. The first-order valence-corrected chi connectivity index (χ1v) is 11.3. The molecule has 11 heteroatoms. The van der Waals surface area contributed by atoms with E-state index in [4.69, 9.17) is 16.0 Å². The molecule has 0 saturated heterocycles. The standard InChI is InChI=1S/C19H15ClN4O4S2/c1-11(2)30(26,27)19-23-18(29-24-19)22-17(25)12(10-21)9-13-7-8-16(28-13)14-5-3-4-6-15(14)20/h3-9,11H,1-2H3,(H,22,23,24,25)/b12-9-. The molecule has 0 bridgehead atoms. The van der Waals surface area contributed by atoms with Gasteiger partial charge in [-0.15, -0.1) is 0 Å². The number of hydrogen-bond donors (Lipinski definition) is 1. The number of benzene rings is 1. The zero-order valence-electron chi connectivity index (χ0n) is 15.8. The van der Waals surface area contributed by atoms with Crippen LogP contribution in [0.25, 0.3) is 17.4 Å². The van der Waals surface area contributed by atoms with Gasteiger partial charge in [0.2, 0.25) is 15.0 Å². The van der Waals surface area contributed by atoms with Crippen molar-refractivity contribution in [1.29, 1.82) is 5.26 Å². The summed E-state index contributed by atoms with van der Waals surface area (Å²) in [4.78, 5) is 16.2. The van der Waals surface area contributed by atoms with Crippen molar-refractivity contribution in [3.63, 3.8) is 0 Å². The Labute approximate surface area is 181 Å². The van der Waals surface area contributed by atoms with Crippen molar-refractivity contribution in [2.24, 2.45) is 0 Å². The summed E-state index contributed by atoms with van der Waals surface area (Å²) in [6.07, 6.45) is 1.27. The molecule has 0 unspecified atom stereocenters. The number of hydrogen-bond acceptors (Lipinski definition) is 8. The van der Waals surface area contributed by atoms with Crippen LogP contribution in [-0.2, 0) is 14.6 Å². The molecule has 0 atom stereocenters. The molecule has 1 aromatic carbocycles. The van der Waals surface area contributed by atoms with Gasteiger partial charge >= 0.3 is 0 Å². The van der Waals surface area contributed by atoms with Crippen molar-refractivity contribution in [3.8, 4) is 17.4 Å². The number of sulfone groups is 1. The number of halogens is 1. The summed E-state index contributed by atoms with van der Waals surface area (Å²) in [7, 11) is -3.66. The Kier molecular flexibility index (Phi) is 6.36. The number of nitrogens with zero attached hydrogens (tertiary/aromatic N) is 3. The normalized spacial score (nSPS) is 12.0. The van der Waals surface area contributed by atoms with Gasteiger partial charge in [-0.2, -0.15) is 14.6 Å². The van der Waals surface area contributed by atoms with E-state index >= 15 is 0 Å². The van der Waals surface area contributed by atoms with Crippen LogP contribution in [0.2, 0.25) is 5.02 Å². The van der Waals surface area contributed by atoms with Crippen LogP contribution in [0, 0.1) is 11.3 Å². The summed E-state index contributed by atoms with van der Waals surface area (Å²) in [5, 5.41) is 11.1. The average molecular weight is 463 g/mol. The second kappa shape index (κ2) is 8.79. The first kappa shape index (κ1) is 21.7. The Hall–Kier alpha value is -3.00. The molecule has 8 nitrogen and oxygen atoms in total. The van der Waals surface area contributed by atoms with Crippen LogP contribution in [0.5, 0.6) is 0 Å². The molecular formula is C19H15ClN4O4S2. The minimum atomic E-state index is -3.66. The number of nitrogens with one attached hydrogen (secondary N) is 1. The quantitative estimate of drug-likeness (QED) is 0.430. The van der Waals surface area contributed by atoms with E-state index in [1.165, 1.54) is 19.9 Å². The van der Waals surface area contributed by atoms with Crippen molar-refractivity contribution in [3.05, 3.63) is 52.8 Å². The molecule has 0 aliphatic carbocycles. The SMILES string of the molecule is CC(C)S(=O)(=O)c1nsc(NC(=O)/C(C#N)=C\c2ccc(-c3ccccc3Cl)o2)n1. The number of aromatic nitrogens is 2. The number of furan rings is 1. The summed E-state index contributed by atoms with van der Waals surface area (Å²) >= 11 is 6.86. The van der Waals surface area contributed by atoms with Gasteiger partial charge in [-0.25, -0.2) is 8.42 Å². The summed E-state index contributed by atoms with van der Waals surface area (Å²) in [6.45, 7) is 3.01. The number of amides is 1. The van der Waals surface area contributed by atoms with Crippen LogP contribution in [0.3, 0.4) is 0 Å². The minimum absolute atomic E-state index is 0.0309. The van der Waals surface area contributed by atoms with E-state index in [1.54, 1.807) is 36.4 Å². The fourth-order valence-corrected chi connectivity index (χ4v) is 4.20. The highest BCUT2D eigenvalue weighted by atomic mass is 35.5. The molecule has 0 aliphatic rings. The third-order valence-corrected chi connectivity index (χ3v) is 6.93. The first-order chi connectivity index (χ1) is 14.2. The van der Waals surface area contributed by atoms with Crippen molar-refractivity contribution in [2.45, 2.75) is 24.3 Å². The lowest BCUT2D eigenvalue weighted by Crippen LogP contribution is -2.16. The van der Waals surface area contributed by atoms with E-state index in [9.17, 15) is 18.5 Å². The smallest absolute Gasteiger partial charge is 0.268 e. The summed E-state index contributed by atoms with van der Waals surface area (Å²) in [5.74, 6) is -0.00741. The highest BCUT2D eigenvalue weighted by Crippen LogP contribution is 2.29. The lowest BCUT2D eigenvalue weighted by atomic mass is 10.2. The Morgan fingerprint density at radius 1 is 1.30 bits per heavy atom. The van der Waals surface area contributed by atoms with Crippen molar-refractivity contribution >= 4 is 50.1 Å². The molecule has 1 N–H and O–H groups in total. The van der Waals surface area contributed by atoms with Gasteiger partial charge in [0.05, 0.1) is 10.3 Å². The zero-order chi connectivity index (χ0) is 21.9. The van der Waals surface area contributed by atoms with E-state index in [0.29, 0.717) is 27.9 Å². The van der Waals surface area contributed by atoms with Gasteiger partial charge in [-0.3, -0.25) is 10.1 Å². The molecule has 2 heterocycles. The molecule has 0 radical (unpaired) electrons. The monoisotopic (exact) mass is 462 g/mol. The first-order valence-electron chi connectivity index (χ1n) is 8.58. The molecule has 3 aromatic rings. The Balaban J connectivity index is 1.79. The zero-order valence-corrected chi connectivity index (χ0v) is 18.2. The highest BCUT2D eigenvalue weighted by molar-refractivity contribution is 7.91. The van der Waals surface area contributed by atoms with Gasteiger partial charge < -0.3 is 4.42 Å². The third kappa shape index (κ3) is 4.59. The topological polar surface area (TPSA) is 126 Å². The van der Waals surface area contributed by atoms with Crippen molar-refractivity contribution in [2.75, 3.05) is 5.32 Å². The molecule has 30 heavy (non-hydrogen) atoms. The lowest BCUT2D eigenvalue weighted by Gasteiger charge is -2.02. The second-order valence-electron chi connectivity index (χ2n) is 6.28. The van der Waals surface area contributed by atoms with Crippen LogP contribution >= 0.6 is 23.1 Å². The molecular weight excluding hydrogens is 448 g/mol. The number of carbonyl (C=O) groups excluding carboxylic acids is 1. The largest absolute Gasteiger partial charge is 0.457 e. The maximum Gasteiger partial charge on any atom is 0.268 e. The number of anilines is 1. The van der Waals surface area contributed by atoms with Gasteiger partial charge in [-0.05, 0) is 38.1 Å². The predicted molar refractivity (Wildman–Crippen MR) is 114 cm³/mol. The fraction of sp³-hybridized carbons (Fsp3) is 0.158. The van der Waals surface area contributed by atoms with Gasteiger partial charge in [0, 0.05) is 23.2 Å². The van der Waals surface area contributed by atoms with Crippen LogP contribution in [0.1, 0.15) is 19.6 Å². The summed E-state index contributed by atoms with van der Waals surface area (Å²) in [6, 6.07) is 12.2. The molecule has 0 fully saturated rings. The van der Waals surface area contributed by atoms with Gasteiger partial charge in [0.25, 0.3) is 11.1 Å². The Morgan fingerprint density at radius 3 is 2.70 bits per heavy atom. The van der Waals surface area contributed by atoms with Crippen LogP contribution < -0.4 is 5.32 Å². The van der Waals surface area contributed by atoms with Crippen LogP contribution in [0.15, 0.2) is 51.5 Å². The van der Waals surface area contributed by atoms with Crippen LogP contribution in [0.4, 0.5) is 5.13 Å². The van der Waals surface area contributed by atoms with Gasteiger partial charge in [-0.1, -0.05) is 23.7 Å². The fourth-order valence-electron chi connectivity index (χ4n) is 2.28. The maximum absolute atomic E-state index is 12.4. The summed E-state index contributed by atoms with van der Waals surface area (Å²) in [5.41, 5.74) is 0.424. The molecule has 3 rings (SSSR count). The number of rotatable bonds is 6. The minimum Gasteiger partial charge on any atom is -0.457 e. The van der Waals surface area contributed by atoms with Gasteiger partial charge in [0.15, 0.2) is 0 Å². The van der Waals surface area contributed by atoms with Crippen molar-refractivity contribution < 1.29 is 17.6 Å². The van der Waals surface area contributed by atoms with E-state index in [1.807, 2.05) is 6.07 Å². The molecule has 1 amide bonds. The third-order valence-electron chi connectivity index (χ3n) is 3.92. The van der Waals surface area contributed by atoms with Gasteiger partial charge in [0.1, 0.15) is 23.2 Å². The number of nitriles is 1. The Bertz CT molecular complexity index is 1270. The van der Waals surface area contributed by atoms with E-state index in [2.05, 4.69) is 14.7 Å². The molecule has 2 aromatic heterocycles. The average Bonchev–Trinajstić information content (AvgIpc) is 3.36. The lowest BCUT2D eigenvalue weighted by molar-refractivity contribution is -0.112. The van der Waals surface area contributed by atoms with Crippen molar-refractivity contribution in [1.82, 2.24) is 9.36 Å². The number of carbonyl (C=O) groups is 1. The summed E-state index contributed by atoms with van der Waals surface area (Å²) < 4.78 is 33.6. The molecule has 0 spiro atoms. The molecule has 0 saturated carbocycles. The molecule has 0 aliphatic heterocycles.